The molecule has 0 saturated heterocycles. The van der Waals surface area contributed by atoms with Crippen LogP contribution >= 0.6 is 11.6 Å². The van der Waals surface area contributed by atoms with Gasteiger partial charge in [-0.1, -0.05) is 113 Å². The number of hydrogen-bond donors (Lipinski definition) is 0. The van der Waals surface area contributed by atoms with Gasteiger partial charge in [-0.05, 0) is 65.8 Å². The summed E-state index contributed by atoms with van der Waals surface area (Å²) >= 11 is 6.09. The summed E-state index contributed by atoms with van der Waals surface area (Å²) < 4.78 is 15.6. The molecule has 0 amide bonds. The molecule has 0 aromatic heterocycles. The minimum absolute atomic E-state index is 0.0386. The molecule has 4 rings (SSSR count). The summed E-state index contributed by atoms with van der Waals surface area (Å²) in [4.78, 5) is 0. The predicted molar refractivity (Wildman–Crippen MR) is 140 cm³/mol. The van der Waals surface area contributed by atoms with Crippen molar-refractivity contribution in [3.63, 3.8) is 0 Å². The van der Waals surface area contributed by atoms with E-state index in [0.717, 1.165) is 29.7 Å². The molecule has 2 aliphatic carbocycles. The first kappa shape index (κ1) is 24.8. The molecule has 33 heavy (non-hydrogen) atoms. The summed E-state index contributed by atoms with van der Waals surface area (Å²) in [5, 5.41) is 0.760. The van der Waals surface area contributed by atoms with E-state index in [-0.39, 0.29) is 11.8 Å². The standard InChI is InChI=1S/C31H42ClF/c1-3-6-23-9-11-24(12-10-23)13-14-25-15-20-30(31(33)21-25)29-8-5-4-7-28(29)22(2)26-16-18-27(32)19-17-26/h4-5,7-8,16-19,22-25,30-31H,3,6,9-15,20-21H2,1-2H3/t22?,23-,24-,25?,30?,31?. The maximum absolute atomic E-state index is 15.6. The average molecular weight is 469 g/mol. The highest BCUT2D eigenvalue weighted by atomic mass is 35.5. The molecule has 2 aromatic carbocycles. The summed E-state index contributed by atoms with van der Waals surface area (Å²) in [5.41, 5.74) is 3.74. The lowest BCUT2D eigenvalue weighted by molar-refractivity contribution is 0.152. The van der Waals surface area contributed by atoms with Crippen LogP contribution in [0.15, 0.2) is 48.5 Å². The predicted octanol–water partition coefficient (Wildman–Crippen LogP) is 10.1. The molecule has 0 aliphatic heterocycles. The van der Waals surface area contributed by atoms with Gasteiger partial charge >= 0.3 is 0 Å². The maximum Gasteiger partial charge on any atom is 0.107 e. The van der Waals surface area contributed by atoms with Gasteiger partial charge in [0.1, 0.15) is 6.17 Å². The molecular formula is C31H42ClF. The third-order valence-electron chi connectivity index (χ3n) is 8.76. The van der Waals surface area contributed by atoms with Crippen LogP contribution in [0.4, 0.5) is 4.39 Å². The van der Waals surface area contributed by atoms with Crippen LogP contribution in [-0.2, 0) is 0 Å². The molecule has 0 nitrogen and oxygen atoms in total. The van der Waals surface area contributed by atoms with Crippen molar-refractivity contribution in [3.8, 4) is 0 Å². The Morgan fingerprint density at radius 3 is 2.09 bits per heavy atom. The van der Waals surface area contributed by atoms with Crippen LogP contribution in [0.2, 0.25) is 5.02 Å². The molecular weight excluding hydrogens is 427 g/mol. The van der Waals surface area contributed by atoms with E-state index in [2.05, 4.69) is 50.2 Å². The SMILES string of the molecule is CCC[C@H]1CC[C@H](CCC2CCC(c3ccccc3C(C)c3ccc(Cl)cc3)C(F)C2)CC1. The van der Waals surface area contributed by atoms with E-state index in [0.29, 0.717) is 5.92 Å². The third kappa shape index (κ3) is 6.41. The monoisotopic (exact) mass is 468 g/mol. The van der Waals surface area contributed by atoms with E-state index in [1.807, 2.05) is 12.1 Å². The van der Waals surface area contributed by atoms with Crippen molar-refractivity contribution in [2.75, 3.05) is 0 Å². The highest BCUT2D eigenvalue weighted by Crippen LogP contribution is 2.44. The summed E-state index contributed by atoms with van der Waals surface area (Å²) in [7, 11) is 0. The number of hydrogen-bond acceptors (Lipinski definition) is 0. The smallest absolute Gasteiger partial charge is 0.107 e. The van der Waals surface area contributed by atoms with Gasteiger partial charge < -0.3 is 0 Å². The minimum atomic E-state index is -0.720. The van der Waals surface area contributed by atoms with E-state index < -0.39 is 6.17 Å². The van der Waals surface area contributed by atoms with E-state index in [4.69, 9.17) is 11.6 Å². The van der Waals surface area contributed by atoms with Crippen LogP contribution in [-0.4, -0.2) is 6.17 Å². The van der Waals surface area contributed by atoms with Crippen LogP contribution in [0, 0.1) is 17.8 Å². The Hall–Kier alpha value is -1.34. The molecule has 0 spiro atoms. The number of rotatable bonds is 8. The summed E-state index contributed by atoms with van der Waals surface area (Å²) in [6.07, 6.45) is 13.2. The Labute approximate surface area is 206 Å². The first-order valence-corrected chi connectivity index (χ1v) is 13.9. The second kappa shape index (κ2) is 11.9. The van der Waals surface area contributed by atoms with Crippen LogP contribution in [0.1, 0.15) is 113 Å². The number of benzene rings is 2. The van der Waals surface area contributed by atoms with E-state index in [9.17, 15) is 0 Å². The highest BCUT2D eigenvalue weighted by Gasteiger charge is 2.33. The minimum Gasteiger partial charge on any atom is -0.247 e. The van der Waals surface area contributed by atoms with Gasteiger partial charge in [0, 0.05) is 16.9 Å². The second-order valence-electron chi connectivity index (χ2n) is 11.0. The van der Waals surface area contributed by atoms with Crippen molar-refractivity contribution in [2.24, 2.45) is 17.8 Å². The van der Waals surface area contributed by atoms with Gasteiger partial charge in [0.2, 0.25) is 0 Å². The van der Waals surface area contributed by atoms with Crippen molar-refractivity contribution < 1.29 is 4.39 Å². The molecule has 180 valence electrons. The zero-order valence-corrected chi connectivity index (χ0v) is 21.4. The number of alkyl halides is 1. The van der Waals surface area contributed by atoms with Crippen molar-refractivity contribution >= 4 is 11.6 Å². The third-order valence-corrected chi connectivity index (χ3v) is 9.01. The van der Waals surface area contributed by atoms with E-state index in [1.54, 1.807) is 0 Å². The molecule has 0 radical (unpaired) electrons. The maximum atomic E-state index is 15.6. The van der Waals surface area contributed by atoms with Gasteiger partial charge in [0.05, 0.1) is 0 Å². The quantitative estimate of drug-likeness (QED) is 0.361. The van der Waals surface area contributed by atoms with Crippen molar-refractivity contribution in [1.29, 1.82) is 0 Å². The topological polar surface area (TPSA) is 0 Å². The molecule has 2 aliphatic rings. The van der Waals surface area contributed by atoms with Gasteiger partial charge in [-0.15, -0.1) is 0 Å². The fourth-order valence-corrected chi connectivity index (χ4v) is 6.80. The van der Waals surface area contributed by atoms with E-state index >= 15 is 4.39 Å². The number of halogens is 2. The zero-order valence-electron chi connectivity index (χ0n) is 20.6. The fraction of sp³-hybridized carbons (Fsp3) is 0.613. The molecule has 2 heteroatoms. The largest absolute Gasteiger partial charge is 0.247 e. The Kier molecular flexibility index (Phi) is 8.91. The van der Waals surface area contributed by atoms with Crippen LogP contribution in [0.3, 0.4) is 0 Å². The van der Waals surface area contributed by atoms with Gasteiger partial charge in [0.15, 0.2) is 0 Å². The Balaban J connectivity index is 1.33. The first-order chi connectivity index (χ1) is 16.0. The molecule has 2 saturated carbocycles. The van der Waals surface area contributed by atoms with Crippen LogP contribution in [0.25, 0.3) is 0 Å². The molecule has 2 fully saturated rings. The van der Waals surface area contributed by atoms with E-state index in [1.165, 1.54) is 74.5 Å². The second-order valence-corrected chi connectivity index (χ2v) is 11.4. The van der Waals surface area contributed by atoms with Gasteiger partial charge in [-0.2, -0.15) is 0 Å². The average Bonchev–Trinajstić information content (AvgIpc) is 2.84. The van der Waals surface area contributed by atoms with Gasteiger partial charge in [0.25, 0.3) is 0 Å². The normalized spacial score (nSPS) is 29.0. The molecule has 0 heterocycles. The lowest BCUT2D eigenvalue weighted by Crippen LogP contribution is -2.26. The Bertz CT molecular complexity index is 851. The molecule has 0 bridgehead atoms. The molecule has 2 aromatic rings. The lowest BCUT2D eigenvalue weighted by atomic mass is 9.72. The summed E-state index contributed by atoms with van der Waals surface area (Å²) in [5.74, 6) is 2.73. The summed E-state index contributed by atoms with van der Waals surface area (Å²) in [6, 6.07) is 16.7. The van der Waals surface area contributed by atoms with Crippen molar-refractivity contribution in [3.05, 3.63) is 70.2 Å². The zero-order chi connectivity index (χ0) is 23.2. The lowest BCUT2D eigenvalue weighted by Gasteiger charge is -2.35. The van der Waals surface area contributed by atoms with Crippen LogP contribution in [0.5, 0.6) is 0 Å². The molecule has 0 N–H and O–H groups in total. The van der Waals surface area contributed by atoms with Crippen molar-refractivity contribution in [2.45, 2.75) is 102 Å². The molecule has 4 unspecified atom stereocenters. The van der Waals surface area contributed by atoms with Gasteiger partial charge in [-0.25, -0.2) is 4.39 Å². The Morgan fingerprint density at radius 1 is 0.818 bits per heavy atom. The van der Waals surface area contributed by atoms with Gasteiger partial charge in [-0.3, -0.25) is 0 Å². The first-order valence-electron chi connectivity index (χ1n) is 13.5. The Morgan fingerprint density at radius 2 is 1.42 bits per heavy atom. The van der Waals surface area contributed by atoms with Crippen molar-refractivity contribution in [1.82, 2.24) is 0 Å². The van der Waals surface area contributed by atoms with Crippen LogP contribution < -0.4 is 0 Å². The fourth-order valence-electron chi connectivity index (χ4n) is 6.67. The highest BCUT2D eigenvalue weighted by molar-refractivity contribution is 6.30. The molecule has 4 atom stereocenters. The summed E-state index contributed by atoms with van der Waals surface area (Å²) in [6.45, 7) is 4.54.